The molecule has 0 aliphatic rings. The Labute approximate surface area is 125 Å². The van der Waals surface area contributed by atoms with Gasteiger partial charge in [-0.05, 0) is 24.6 Å². The molecule has 0 aromatic heterocycles. The van der Waals surface area contributed by atoms with Crippen molar-refractivity contribution in [2.45, 2.75) is 19.9 Å². The lowest BCUT2D eigenvalue weighted by Crippen LogP contribution is -2.04. The third kappa shape index (κ3) is 3.81. The van der Waals surface area contributed by atoms with E-state index in [0.717, 1.165) is 23.4 Å². The number of methoxy groups -OCH3 is 1. The molecule has 0 unspecified atom stereocenters. The largest absolute Gasteiger partial charge is 0.504 e. The molecular weight excluding hydrogens is 266 g/mol. The Hall–Kier alpha value is -2.36. The van der Waals surface area contributed by atoms with Crippen molar-refractivity contribution < 1.29 is 14.6 Å². The van der Waals surface area contributed by atoms with E-state index in [1.807, 2.05) is 36.4 Å². The maximum absolute atomic E-state index is 10.1. The highest BCUT2D eigenvalue weighted by Gasteiger charge is 2.08. The van der Waals surface area contributed by atoms with Crippen LogP contribution in [0.15, 0.2) is 42.5 Å². The smallest absolute Gasteiger partial charge is 0.162 e. The molecule has 0 radical (unpaired) electrons. The van der Waals surface area contributed by atoms with Crippen LogP contribution in [0.25, 0.3) is 0 Å². The van der Waals surface area contributed by atoms with Gasteiger partial charge in [-0.3, -0.25) is 0 Å². The molecule has 0 amide bonds. The molecule has 0 aliphatic carbocycles. The zero-order chi connectivity index (χ0) is 15.1. The lowest BCUT2D eigenvalue weighted by atomic mass is 10.1. The summed E-state index contributed by atoms with van der Waals surface area (Å²) in [6.07, 6.45) is 0.963. The SMILES string of the molecule is CCCOc1ccccc1NCc1cccc(OC)c1O. The molecule has 2 aromatic carbocycles. The Morgan fingerprint density at radius 1 is 1.05 bits per heavy atom. The van der Waals surface area contributed by atoms with Gasteiger partial charge in [0.25, 0.3) is 0 Å². The number of hydrogen-bond donors (Lipinski definition) is 2. The molecule has 0 heterocycles. The molecule has 2 N–H and O–H groups in total. The van der Waals surface area contributed by atoms with E-state index in [1.54, 1.807) is 13.2 Å². The molecule has 4 nitrogen and oxygen atoms in total. The summed E-state index contributed by atoms with van der Waals surface area (Å²) in [7, 11) is 1.54. The van der Waals surface area contributed by atoms with Crippen molar-refractivity contribution in [3.05, 3.63) is 48.0 Å². The van der Waals surface area contributed by atoms with Gasteiger partial charge < -0.3 is 19.9 Å². The summed E-state index contributed by atoms with van der Waals surface area (Å²) in [5, 5.41) is 13.4. The molecule has 0 saturated carbocycles. The maximum Gasteiger partial charge on any atom is 0.162 e. The van der Waals surface area contributed by atoms with Crippen molar-refractivity contribution in [3.8, 4) is 17.2 Å². The highest BCUT2D eigenvalue weighted by atomic mass is 16.5. The fraction of sp³-hybridized carbons (Fsp3) is 0.294. The summed E-state index contributed by atoms with van der Waals surface area (Å²) in [5.41, 5.74) is 1.69. The molecule has 0 spiro atoms. The van der Waals surface area contributed by atoms with Crippen LogP contribution >= 0.6 is 0 Å². The number of phenolic OH excluding ortho intramolecular Hbond substituents is 1. The van der Waals surface area contributed by atoms with Crippen LogP contribution in [-0.4, -0.2) is 18.8 Å². The third-order valence-corrected chi connectivity index (χ3v) is 3.12. The first-order chi connectivity index (χ1) is 10.3. The number of hydrogen-bond acceptors (Lipinski definition) is 4. The Bertz CT molecular complexity index is 584. The highest BCUT2D eigenvalue weighted by molar-refractivity contribution is 5.57. The van der Waals surface area contributed by atoms with Crippen molar-refractivity contribution in [2.75, 3.05) is 19.0 Å². The van der Waals surface area contributed by atoms with Crippen LogP contribution in [0, 0.1) is 0 Å². The minimum atomic E-state index is 0.166. The van der Waals surface area contributed by atoms with Gasteiger partial charge in [0.2, 0.25) is 0 Å². The first-order valence-electron chi connectivity index (χ1n) is 7.06. The van der Waals surface area contributed by atoms with E-state index in [1.165, 1.54) is 0 Å². The zero-order valence-electron chi connectivity index (χ0n) is 12.4. The Balaban J connectivity index is 2.10. The van der Waals surface area contributed by atoms with Crippen LogP contribution in [0.1, 0.15) is 18.9 Å². The van der Waals surface area contributed by atoms with Crippen LogP contribution in [0.2, 0.25) is 0 Å². The molecule has 0 saturated heterocycles. The number of aromatic hydroxyl groups is 1. The zero-order valence-corrected chi connectivity index (χ0v) is 12.4. The summed E-state index contributed by atoms with van der Waals surface area (Å²) >= 11 is 0. The van der Waals surface area contributed by atoms with Gasteiger partial charge in [-0.2, -0.15) is 0 Å². The number of nitrogens with one attached hydrogen (secondary N) is 1. The summed E-state index contributed by atoms with van der Waals surface area (Å²) < 4.78 is 10.8. The van der Waals surface area contributed by atoms with Crippen molar-refractivity contribution in [1.82, 2.24) is 0 Å². The normalized spacial score (nSPS) is 10.2. The van der Waals surface area contributed by atoms with Crippen LogP contribution in [0.5, 0.6) is 17.2 Å². The Morgan fingerprint density at radius 2 is 1.81 bits per heavy atom. The molecular formula is C17H21NO3. The predicted molar refractivity (Wildman–Crippen MR) is 84.2 cm³/mol. The van der Waals surface area contributed by atoms with Gasteiger partial charge in [0.15, 0.2) is 11.5 Å². The number of phenols is 1. The first-order valence-corrected chi connectivity index (χ1v) is 7.06. The summed E-state index contributed by atoms with van der Waals surface area (Å²) in [6, 6.07) is 13.2. The van der Waals surface area contributed by atoms with E-state index in [4.69, 9.17) is 9.47 Å². The van der Waals surface area contributed by atoms with Gasteiger partial charge in [0, 0.05) is 12.1 Å². The van der Waals surface area contributed by atoms with E-state index >= 15 is 0 Å². The summed E-state index contributed by atoms with van der Waals surface area (Å²) in [4.78, 5) is 0. The molecule has 2 rings (SSSR count). The molecule has 21 heavy (non-hydrogen) atoms. The van der Waals surface area contributed by atoms with Crippen molar-refractivity contribution >= 4 is 5.69 Å². The average Bonchev–Trinajstić information content (AvgIpc) is 2.52. The monoisotopic (exact) mass is 287 g/mol. The lowest BCUT2D eigenvalue weighted by Gasteiger charge is -2.14. The van der Waals surface area contributed by atoms with Crippen molar-refractivity contribution in [2.24, 2.45) is 0 Å². The molecule has 112 valence electrons. The minimum Gasteiger partial charge on any atom is -0.504 e. The molecule has 0 fully saturated rings. The van der Waals surface area contributed by atoms with E-state index in [9.17, 15) is 5.11 Å². The molecule has 2 aromatic rings. The fourth-order valence-electron chi connectivity index (χ4n) is 2.02. The second-order valence-corrected chi connectivity index (χ2v) is 4.67. The van der Waals surface area contributed by atoms with Gasteiger partial charge in [-0.15, -0.1) is 0 Å². The topological polar surface area (TPSA) is 50.7 Å². The second kappa shape index (κ2) is 7.43. The van der Waals surface area contributed by atoms with Crippen molar-refractivity contribution in [1.29, 1.82) is 0 Å². The van der Waals surface area contributed by atoms with Crippen LogP contribution in [-0.2, 0) is 6.54 Å². The van der Waals surface area contributed by atoms with Crippen LogP contribution < -0.4 is 14.8 Å². The number of benzene rings is 2. The lowest BCUT2D eigenvalue weighted by molar-refractivity contribution is 0.319. The van der Waals surface area contributed by atoms with Gasteiger partial charge in [-0.25, -0.2) is 0 Å². The van der Waals surface area contributed by atoms with Crippen molar-refractivity contribution in [3.63, 3.8) is 0 Å². The van der Waals surface area contributed by atoms with Gasteiger partial charge in [0.1, 0.15) is 5.75 Å². The molecule has 0 atom stereocenters. The van der Waals surface area contributed by atoms with E-state index in [0.29, 0.717) is 18.9 Å². The summed E-state index contributed by atoms with van der Waals surface area (Å²) in [6.45, 7) is 3.25. The number of para-hydroxylation sites is 3. The van der Waals surface area contributed by atoms with Gasteiger partial charge in [0.05, 0.1) is 19.4 Å². The number of ether oxygens (including phenoxy) is 2. The maximum atomic E-state index is 10.1. The van der Waals surface area contributed by atoms with E-state index in [-0.39, 0.29) is 5.75 Å². The van der Waals surface area contributed by atoms with Gasteiger partial charge >= 0.3 is 0 Å². The number of rotatable bonds is 7. The van der Waals surface area contributed by atoms with Crippen LogP contribution in [0.4, 0.5) is 5.69 Å². The molecule has 0 aliphatic heterocycles. The Kier molecular flexibility index (Phi) is 5.32. The Morgan fingerprint density at radius 3 is 2.57 bits per heavy atom. The van der Waals surface area contributed by atoms with Crippen LogP contribution in [0.3, 0.4) is 0 Å². The predicted octanol–water partition coefficient (Wildman–Crippen LogP) is 3.80. The number of anilines is 1. The quantitative estimate of drug-likeness (QED) is 0.813. The highest BCUT2D eigenvalue weighted by Crippen LogP contribution is 2.31. The fourth-order valence-corrected chi connectivity index (χ4v) is 2.02. The average molecular weight is 287 g/mol. The minimum absolute atomic E-state index is 0.166. The molecule has 4 heteroatoms. The third-order valence-electron chi connectivity index (χ3n) is 3.12. The summed E-state index contributed by atoms with van der Waals surface area (Å²) in [5.74, 6) is 1.46. The van der Waals surface area contributed by atoms with E-state index < -0.39 is 0 Å². The molecule has 0 bridgehead atoms. The van der Waals surface area contributed by atoms with Gasteiger partial charge in [-0.1, -0.05) is 31.2 Å². The van der Waals surface area contributed by atoms with E-state index in [2.05, 4.69) is 12.2 Å². The first kappa shape index (κ1) is 15.0. The second-order valence-electron chi connectivity index (χ2n) is 4.67. The standard InChI is InChI=1S/C17H21NO3/c1-3-11-21-15-9-5-4-8-14(15)18-12-13-7-6-10-16(20-2)17(13)19/h4-10,18-19H,3,11-12H2,1-2H3.